The molecule has 2 rings (SSSR count). The second-order valence-electron chi connectivity index (χ2n) is 5.53. The van der Waals surface area contributed by atoms with Gasteiger partial charge in [-0.3, -0.25) is 0 Å². The summed E-state index contributed by atoms with van der Waals surface area (Å²) in [6.07, 6.45) is 2.60. The number of piperidine rings is 1. The molecule has 0 saturated carbocycles. The summed E-state index contributed by atoms with van der Waals surface area (Å²) in [4.78, 5) is 2.33. The molecule has 0 bridgehead atoms. The van der Waals surface area contributed by atoms with Gasteiger partial charge in [-0.1, -0.05) is 0 Å². The van der Waals surface area contributed by atoms with Crippen molar-refractivity contribution in [2.45, 2.75) is 52.7 Å². The lowest BCUT2D eigenvalue weighted by molar-refractivity contribution is 0.0523. The Morgan fingerprint density at radius 2 is 2.21 bits per heavy atom. The molecule has 0 aromatic carbocycles. The van der Waals surface area contributed by atoms with Crippen LogP contribution in [0.5, 0.6) is 0 Å². The predicted molar refractivity (Wildman–Crippen MR) is 78.6 cm³/mol. The highest BCUT2D eigenvalue weighted by atomic mass is 16.5. The zero-order valence-corrected chi connectivity index (χ0v) is 12.5. The molecule has 5 nitrogen and oxygen atoms in total. The van der Waals surface area contributed by atoms with Gasteiger partial charge < -0.3 is 15.4 Å². The van der Waals surface area contributed by atoms with Gasteiger partial charge in [0.15, 0.2) is 5.82 Å². The molecule has 0 amide bonds. The molecular formula is C14H26N4O. The molecule has 1 unspecified atom stereocenters. The molecule has 2 heterocycles. The first kappa shape index (κ1) is 14.2. The highest BCUT2D eigenvalue weighted by Crippen LogP contribution is 2.31. The van der Waals surface area contributed by atoms with Crippen LogP contribution in [0.2, 0.25) is 0 Å². The molecule has 0 spiro atoms. The fourth-order valence-electron chi connectivity index (χ4n) is 2.73. The molecule has 0 aliphatic carbocycles. The molecule has 2 N–H and O–H groups in total. The van der Waals surface area contributed by atoms with Crippen molar-refractivity contribution in [3.63, 3.8) is 0 Å². The van der Waals surface area contributed by atoms with Gasteiger partial charge in [-0.05, 0) is 40.5 Å². The third-order valence-corrected chi connectivity index (χ3v) is 3.67. The Morgan fingerprint density at radius 3 is 2.84 bits per heavy atom. The number of anilines is 2. The van der Waals surface area contributed by atoms with Crippen molar-refractivity contribution < 1.29 is 4.74 Å². The predicted octanol–water partition coefficient (Wildman–Crippen LogP) is 2.36. The van der Waals surface area contributed by atoms with E-state index in [1.807, 2.05) is 11.6 Å². The van der Waals surface area contributed by atoms with Crippen molar-refractivity contribution in [1.29, 1.82) is 0 Å². The summed E-state index contributed by atoms with van der Waals surface area (Å²) < 4.78 is 7.81. The van der Waals surface area contributed by atoms with E-state index < -0.39 is 0 Å². The minimum atomic E-state index is 0.314. The van der Waals surface area contributed by atoms with Crippen molar-refractivity contribution in [3.05, 3.63) is 5.69 Å². The summed E-state index contributed by atoms with van der Waals surface area (Å²) in [6.45, 7) is 11.0. The zero-order chi connectivity index (χ0) is 14.0. The summed E-state index contributed by atoms with van der Waals surface area (Å²) in [5, 5.41) is 4.57. The summed E-state index contributed by atoms with van der Waals surface area (Å²) in [7, 11) is 0. The third kappa shape index (κ3) is 2.86. The Bertz CT molecular complexity index is 425. The molecule has 1 aromatic heterocycles. The van der Waals surface area contributed by atoms with E-state index in [9.17, 15) is 0 Å². The lowest BCUT2D eigenvalue weighted by Gasteiger charge is -2.35. The van der Waals surface area contributed by atoms with Gasteiger partial charge in [0, 0.05) is 25.7 Å². The molecule has 1 aromatic rings. The SMILES string of the molecule is CCOC1CCCN(c2c(N)c(C)nn2C(C)C)C1. The second-order valence-corrected chi connectivity index (χ2v) is 5.53. The molecule has 0 radical (unpaired) electrons. The van der Waals surface area contributed by atoms with Crippen LogP contribution in [0.3, 0.4) is 0 Å². The first-order valence-corrected chi connectivity index (χ1v) is 7.25. The van der Waals surface area contributed by atoms with Crippen molar-refractivity contribution in [2.24, 2.45) is 0 Å². The maximum atomic E-state index is 6.23. The standard InChI is InChI=1S/C14H26N4O/c1-5-19-12-7-6-8-17(9-12)14-13(15)11(4)16-18(14)10(2)3/h10,12H,5-9,15H2,1-4H3. The minimum Gasteiger partial charge on any atom is -0.394 e. The first-order valence-electron chi connectivity index (χ1n) is 7.25. The number of aromatic nitrogens is 2. The van der Waals surface area contributed by atoms with Crippen LogP contribution in [0.25, 0.3) is 0 Å². The zero-order valence-electron chi connectivity index (χ0n) is 12.5. The summed E-state index contributed by atoms with van der Waals surface area (Å²) >= 11 is 0. The molecule has 1 saturated heterocycles. The lowest BCUT2D eigenvalue weighted by atomic mass is 10.1. The average Bonchev–Trinajstić information content (AvgIpc) is 2.67. The Labute approximate surface area is 115 Å². The second kappa shape index (κ2) is 5.82. The number of rotatable bonds is 4. The third-order valence-electron chi connectivity index (χ3n) is 3.67. The van der Waals surface area contributed by atoms with E-state index in [4.69, 9.17) is 10.5 Å². The van der Waals surface area contributed by atoms with Crippen LogP contribution < -0.4 is 10.6 Å². The van der Waals surface area contributed by atoms with E-state index in [1.165, 1.54) is 0 Å². The van der Waals surface area contributed by atoms with E-state index in [-0.39, 0.29) is 0 Å². The van der Waals surface area contributed by atoms with Gasteiger partial charge in [-0.25, -0.2) is 4.68 Å². The molecule has 1 aliphatic heterocycles. The maximum Gasteiger partial charge on any atom is 0.151 e. The quantitative estimate of drug-likeness (QED) is 0.909. The smallest absolute Gasteiger partial charge is 0.151 e. The molecule has 19 heavy (non-hydrogen) atoms. The average molecular weight is 266 g/mol. The monoisotopic (exact) mass is 266 g/mol. The molecular weight excluding hydrogens is 240 g/mol. The van der Waals surface area contributed by atoms with Crippen LogP contribution in [0.1, 0.15) is 45.3 Å². The fraction of sp³-hybridized carbons (Fsp3) is 0.786. The van der Waals surface area contributed by atoms with Crippen molar-refractivity contribution in [1.82, 2.24) is 9.78 Å². The van der Waals surface area contributed by atoms with E-state index in [2.05, 4.69) is 30.8 Å². The van der Waals surface area contributed by atoms with Gasteiger partial charge in [0.25, 0.3) is 0 Å². The number of nitrogens with two attached hydrogens (primary N) is 1. The van der Waals surface area contributed by atoms with Crippen LogP contribution in [0.15, 0.2) is 0 Å². The van der Waals surface area contributed by atoms with Gasteiger partial charge in [0.1, 0.15) is 0 Å². The van der Waals surface area contributed by atoms with Crippen molar-refractivity contribution in [2.75, 3.05) is 30.3 Å². The van der Waals surface area contributed by atoms with Crippen LogP contribution >= 0.6 is 0 Å². The van der Waals surface area contributed by atoms with Crippen molar-refractivity contribution >= 4 is 11.5 Å². The number of aryl methyl sites for hydroxylation is 1. The number of hydrogen-bond acceptors (Lipinski definition) is 4. The maximum absolute atomic E-state index is 6.23. The van der Waals surface area contributed by atoms with Gasteiger partial charge in [0.05, 0.1) is 17.5 Å². The highest BCUT2D eigenvalue weighted by Gasteiger charge is 2.26. The summed E-state index contributed by atoms with van der Waals surface area (Å²) in [6, 6.07) is 0.318. The van der Waals surface area contributed by atoms with Crippen molar-refractivity contribution in [3.8, 4) is 0 Å². The number of nitrogen functional groups attached to an aromatic ring is 1. The van der Waals surface area contributed by atoms with Crippen LogP contribution in [0.4, 0.5) is 11.5 Å². The van der Waals surface area contributed by atoms with Crippen LogP contribution in [0, 0.1) is 6.92 Å². The molecule has 108 valence electrons. The minimum absolute atomic E-state index is 0.314. The number of nitrogens with zero attached hydrogens (tertiary/aromatic N) is 3. The van der Waals surface area contributed by atoms with Crippen LogP contribution in [-0.4, -0.2) is 35.6 Å². The van der Waals surface area contributed by atoms with Crippen LogP contribution in [-0.2, 0) is 4.74 Å². The van der Waals surface area contributed by atoms with E-state index in [0.29, 0.717) is 12.1 Å². The first-order chi connectivity index (χ1) is 9.04. The molecule has 5 heteroatoms. The summed E-state index contributed by atoms with van der Waals surface area (Å²) in [5.41, 5.74) is 7.96. The molecule has 1 fully saturated rings. The normalized spacial score (nSPS) is 20.3. The number of ether oxygens (including phenoxy) is 1. The largest absolute Gasteiger partial charge is 0.394 e. The van der Waals surface area contributed by atoms with E-state index in [1.54, 1.807) is 0 Å². The Kier molecular flexibility index (Phi) is 4.34. The van der Waals surface area contributed by atoms with E-state index in [0.717, 1.165) is 49.7 Å². The van der Waals surface area contributed by atoms with E-state index >= 15 is 0 Å². The Balaban J connectivity index is 2.25. The molecule has 1 aliphatic rings. The summed E-state index contributed by atoms with van der Waals surface area (Å²) in [5.74, 6) is 1.07. The Hall–Kier alpha value is -1.23. The fourth-order valence-corrected chi connectivity index (χ4v) is 2.73. The van der Waals surface area contributed by atoms with Gasteiger partial charge in [0.2, 0.25) is 0 Å². The molecule has 1 atom stereocenters. The Morgan fingerprint density at radius 1 is 1.47 bits per heavy atom. The highest BCUT2D eigenvalue weighted by molar-refractivity contribution is 5.66. The lowest BCUT2D eigenvalue weighted by Crippen LogP contribution is -2.41. The van der Waals surface area contributed by atoms with Gasteiger partial charge >= 0.3 is 0 Å². The van der Waals surface area contributed by atoms with Gasteiger partial charge in [-0.2, -0.15) is 5.10 Å². The number of hydrogen-bond donors (Lipinski definition) is 1. The topological polar surface area (TPSA) is 56.3 Å². The van der Waals surface area contributed by atoms with Gasteiger partial charge in [-0.15, -0.1) is 0 Å².